The first kappa shape index (κ1) is 18.0. The molecule has 0 unspecified atom stereocenters. The third-order valence-electron chi connectivity index (χ3n) is 5.27. The van der Waals surface area contributed by atoms with Crippen LogP contribution in [-0.4, -0.2) is 19.1 Å². The SMILES string of the molecule is c1ccc(-n2c(Sc3nc4ccccc4n3-c3ccccc3)nc3ccccc32)cc1. The summed E-state index contributed by atoms with van der Waals surface area (Å²) < 4.78 is 4.41. The molecule has 0 saturated carbocycles. The lowest BCUT2D eigenvalue weighted by Crippen LogP contribution is -1.99. The van der Waals surface area contributed by atoms with Gasteiger partial charge in [-0.2, -0.15) is 0 Å². The average molecular weight is 419 g/mol. The molecule has 0 aliphatic carbocycles. The Labute approximate surface area is 183 Å². The van der Waals surface area contributed by atoms with Crippen molar-refractivity contribution in [2.45, 2.75) is 10.3 Å². The van der Waals surface area contributed by atoms with Crippen molar-refractivity contribution in [1.82, 2.24) is 19.1 Å². The third kappa shape index (κ3) is 3.10. The van der Waals surface area contributed by atoms with Crippen molar-refractivity contribution < 1.29 is 0 Å². The van der Waals surface area contributed by atoms with Crippen LogP contribution in [0.3, 0.4) is 0 Å². The van der Waals surface area contributed by atoms with E-state index in [2.05, 4.69) is 94.1 Å². The molecule has 0 saturated heterocycles. The molecule has 4 aromatic carbocycles. The molecule has 4 nitrogen and oxygen atoms in total. The average Bonchev–Trinajstić information content (AvgIpc) is 3.38. The molecular weight excluding hydrogens is 400 g/mol. The van der Waals surface area contributed by atoms with Gasteiger partial charge in [-0.3, -0.25) is 9.13 Å². The number of hydrogen-bond donors (Lipinski definition) is 0. The zero-order valence-electron chi connectivity index (χ0n) is 16.6. The molecule has 6 aromatic rings. The summed E-state index contributed by atoms with van der Waals surface area (Å²) in [5.41, 5.74) is 6.27. The van der Waals surface area contributed by atoms with Gasteiger partial charge in [-0.1, -0.05) is 60.7 Å². The number of para-hydroxylation sites is 6. The fraction of sp³-hybridized carbons (Fsp3) is 0. The summed E-state index contributed by atoms with van der Waals surface area (Å²) in [6, 6.07) is 37.2. The third-order valence-corrected chi connectivity index (χ3v) is 6.18. The molecule has 0 radical (unpaired) electrons. The van der Waals surface area contributed by atoms with E-state index in [4.69, 9.17) is 9.97 Å². The molecule has 0 spiro atoms. The van der Waals surface area contributed by atoms with Crippen LogP contribution in [-0.2, 0) is 0 Å². The lowest BCUT2D eigenvalue weighted by Gasteiger charge is -2.11. The number of hydrogen-bond acceptors (Lipinski definition) is 3. The van der Waals surface area contributed by atoms with Crippen LogP contribution in [0.5, 0.6) is 0 Å². The van der Waals surface area contributed by atoms with Gasteiger partial charge in [-0.05, 0) is 60.3 Å². The summed E-state index contributed by atoms with van der Waals surface area (Å²) in [7, 11) is 0. The molecule has 0 bridgehead atoms. The second kappa shape index (κ2) is 7.45. The van der Waals surface area contributed by atoms with E-state index in [0.29, 0.717) is 0 Å². The van der Waals surface area contributed by atoms with Crippen LogP contribution >= 0.6 is 11.8 Å². The number of fused-ring (bicyclic) bond motifs is 2. The highest BCUT2D eigenvalue weighted by Crippen LogP contribution is 2.35. The van der Waals surface area contributed by atoms with Gasteiger partial charge >= 0.3 is 0 Å². The number of rotatable bonds is 4. The summed E-state index contributed by atoms with van der Waals surface area (Å²) in [6.07, 6.45) is 0. The van der Waals surface area contributed by atoms with Gasteiger partial charge in [0.25, 0.3) is 0 Å². The Hall–Kier alpha value is -3.83. The maximum absolute atomic E-state index is 4.96. The van der Waals surface area contributed by atoms with Crippen molar-refractivity contribution in [3.63, 3.8) is 0 Å². The van der Waals surface area contributed by atoms with Gasteiger partial charge in [0.05, 0.1) is 22.1 Å². The number of aromatic nitrogens is 4. The van der Waals surface area contributed by atoms with Crippen molar-refractivity contribution in [2.75, 3.05) is 0 Å². The lowest BCUT2D eigenvalue weighted by atomic mass is 10.3. The topological polar surface area (TPSA) is 35.6 Å². The Bertz CT molecular complexity index is 1390. The van der Waals surface area contributed by atoms with Gasteiger partial charge in [0.1, 0.15) is 0 Å². The highest BCUT2D eigenvalue weighted by atomic mass is 32.2. The van der Waals surface area contributed by atoms with Gasteiger partial charge in [-0.15, -0.1) is 0 Å². The summed E-state index contributed by atoms with van der Waals surface area (Å²) in [6.45, 7) is 0. The van der Waals surface area contributed by atoms with Gasteiger partial charge < -0.3 is 0 Å². The van der Waals surface area contributed by atoms with Crippen LogP contribution in [0.4, 0.5) is 0 Å². The predicted molar refractivity (Wildman–Crippen MR) is 126 cm³/mol. The quantitative estimate of drug-likeness (QED) is 0.327. The molecule has 0 amide bonds. The second-order valence-electron chi connectivity index (χ2n) is 7.21. The summed E-state index contributed by atoms with van der Waals surface area (Å²) in [5, 5.41) is 1.78. The van der Waals surface area contributed by atoms with Crippen LogP contribution in [0.25, 0.3) is 33.4 Å². The van der Waals surface area contributed by atoms with E-state index in [-0.39, 0.29) is 0 Å². The van der Waals surface area contributed by atoms with Gasteiger partial charge in [-0.25, -0.2) is 9.97 Å². The Kier molecular flexibility index (Phi) is 4.32. The van der Waals surface area contributed by atoms with E-state index < -0.39 is 0 Å². The maximum atomic E-state index is 4.96. The Morgan fingerprint density at radius 3 is 1.29 bits per heavy atom. The van der Waals surface area contributed by atoms with Crippen LogP contribution < -0.4 is 0 Å². The normalized spacial score (nSPS) is 11.4. The first-order chi connectivity index (χ1) is 15.4. The molecule has 5 heteroatoms. The lowest BCUT2D eigenvalue weighted by molar-refractivity contribution is 0.882. The molecule has 2 aromatic heterocycles. The molecule has 0 aliphatic heterocycles. The van der Waals surface area contributed by atoms with Crippen molar-refractivity contribution in [2.24, 2.45) is 0 Å². The largest absolute Gasteiger partial charge is 0.287 e. The fourth-order valence-corrected chi connectivity index (χ4v) is 4.92. The van der Waals surface area contributed by atoms with E-state index in [1.807, 2.05) is 24.3 Å². The first-order valence-corrected chi connectivity index (χ1v) is 10.9. The minimum atomic E-state index is 0.889. The number of nitrogens with zero attached hydrogens (tertiary/aromatic N) is 4. The van der Waals surface area contributed by atoms with Gasteiger partial charge in [0, 0.05) is 11.4 Å². The fourth-order valence-electron chi connectivity index (χ4n) is 3.88. The Morgan fingerprint density at radius 1 is 0.452 bits per heavy atom. The summed E-state index contributed by atoms with van der Waals surface area (Å²) in [5.74, 6) is 0. The van der Waals surface area contributed by atoms with E-state index in [1.165, 1.54) is 0 Å². The molecule has 2 heterocycles. The molecular formula is C26H18N4S. The molecule has 0 aliphatic rings. The highest BCUT2D eigenvalue weighted by molar-refractivity contribution is 7.99. The first-order valence-electron chi connectivity index (χ1n) is 10.1. The number of benzene rings is 4. The molecule has 31 heavy (non-hydrogen) atoms. The minimum absolute atomic E-state index is 0.889. The second-order valence-corrected chi connectivity index (χ2v) is 8.14. The summed E-state index contributed by atoms with van der Waals surface area (Å²) in [4.78, 5) is 9.92. The molecule has 0 fully saturated rings. The van der Waals surface area contributed by atoms with Crippen LogP contribution in [0.15, 0.2) is 120 Å². The smallest absolute Gasteiger partial charge is 0.181 e. The monoisotopic (exact) mass is 418 g/mol. The summed E-state index contributed by atoms with van der Waals surface area (Å²) >= 11 is 1.59. The van der Waals surface area contributed by atoms with E-state index in [0.717, 1.165) is 43.8 Å². The van der Waals surface area contributed by atoms with E-state index in [9.17, 15) is 0 Å². The minimum Gasteiger partial charge on any atom is -0.287 e. The van der Waals surface area contributed by atoms with Crippen molar-refractivity contribution in [1.29, 1.82) is 0 Å². The Morgan fingerprint density at radius 2 is 0.839 bits per heavy atom. The predicted octanol–water partition coefficient (Wildman–Crippen LogP) is 6.52. The van der Waals surface area contributed by atoms with Gasteiger partial charge in [0.15, 0.2) is 10.3 Å². The molecule has 0 atom stereocenters. The maximum Gasteiger partial charge on any atom is 0.181 e. The van der Waals surface area contributed by atoms with Crippen LogP contribution in [0, 0.1) is 0 Å². The number of imidazole rings is 2. The van der Waals surface area contributed by atoms with E-state index in [1.54, 1.807) is 11.8 Å². The molecule has 0 N–H and O–H groups in total. The zero-order chi connectivity index (χ0) is 20.6. The van der Waals surface area contributed by atoms with Crippen LogP contribution in [0.2, 0.25) is 0 Å². The standard InChI is InChI=1S/C26H18N4S/c1-3-11-19(12-4-1)29-23-17-9-7-15-21(23)27-25(29)31-26-28-22-16-8-10-18-24(22)30(26)20-13-5-2-6-14-20/h1-18H. The van der Waals surface area contributed by atoms with Crippen molar-refractivity contribution in [3.05, 3.63) is 109 Å². The van der Waals surface area contributed by atoms with Crippen molar-refractivity contribution >= 4 is 33.8 Å². The van der Waals surface area contributed by atoms with E-state index >= 15 is 0 Å². The van der Waals surface area contributed by atoms with Gasteiger partial charge in [0.2, 0.25) is 0 Å². The zero-order valence-corrected chi connectivity index (χ0v) is 17.4. The van der Waals surface area contributed by atoms with Crippen molar-refractivity contribution in [3.8, 4) is 11.4 Å². The molecule has 6 rings (SSSR count). The molecule has 148 valence electrons. The Balaban J connectivity index is 1.58. The highest BCUT2D eigenvalue weighted by Gasteiger charge is 2.19. The van der Waals surface area contributed by atoms with Crippen LogP contribution in [0.1, 0.15) is 0 Å².